The number of nitrogens with two attached hydrogens (primary N) is 1. The molecule has 3 nitrogen and oxygen atoms in total. The van der Waals surface area contributed by atoms with E-state index in [1.807, 2.05) is 12.1 Å². The SMILES string of the molecule is CCN1CCN(C(c2ccc(Cl)cc2)C(C)N)CC1. The van der Waals surface area contributed by atoms with E-state index in [1.165, 1.54) is 5.56 Å². The Kier molecular flexibility index (Phi) is 5.22. The molecule has 1 saturated heterocycles. The molecule has 1 heterocycles. The second-order valence-corrected chi connectivity index (χ2v) is 5.76. The molecule has 0 spiro atoms. The molecule has 1 aliphatic rings. The molecule has 0 radical (unpaired) electrons. The Bertz CT molecular complexity index is 383. The predicted octanol–water partition coefficient (Wildman–Crippen LogP) is 2.37. The van der Waals surface area contributed by atoms with Crippen LogP contribution in [0, 0.1) is 0 Å². The van der Waals surface area contributed by atoms with Gasteiger partial charge in [0, 0.05) is 43.3 Å². The first-order chi connectivity index (χ1) is 9.11. The number of piperazine rings is 1. The molecule has 1 fully saturated rings. The maximum Gasteiger partial charge on any atom is 0.0497 e. The first-order valence-corrected chi connectivity index (χ1v) is 7.47. The third kappa shape index (κ3) is 3.69. The molecular formula is C15H24ClN3. The van der Waals surface area contributed by atoms with E-state index in [9.17, 15) is 0 Å². The molecule has 19 heavy (non-hydrogen) atoms. The number of halogens is 1. The lowest BCUT2D eigenvalue weighted by Gasteiger charge is -2.40. The van der Waals surface area contributed by atoms with Crippen molar-refractivity contribution in [3.8, 4) is 0 Å². The van der Waals surface area contributed by atoms with E-state index in [-0.39, 0.29) is 12.1 Å². The minimum atomic E-state index is 0.120. The number of benzene rings is 1. The Morgan fingerprint density at radius 1 is 1.16 bits per heavy atom. The fourth-order valence-electron chi connectivity index (χ4n) is 2.86. The highest BCUT2D eigenvalue weighted by Crippen LogP contribution is 2.26. The van der Waals surface area contributed by atoms with Crippen molar-refractivity contribution in [1.29, 1.82) is 0 Å². The van der Waals surface area contributed by atoms with E-state index in [2.05, 4.69) is 35.8 Å². The highest BCUT2D eigenvalue weighted by Gasteiger charge is 2.27. The molecule has 0 aliphatic carbocycles. The third-order valence-electron chi connectivity index (χ3n) is 3.96. The van der Waals surface area contributed by atoms with E-state index >= 15 is 0 Å². The van der Waals surface area contributed by atoms with Gasteiger partial charge in [0.15, 0.2) is 0 Å². The lowest BCUT2D eigenvalue weighted by Crippen LogP contribution is -2.50. The fraction of sp³-hybridized carbons (Fsp3) is 0.600. The number of nitrogens with zero attached hydrogens (tertiary/aromatic N) is 2. The molecule has 0 bridgehead atoms. The van der Waals surface area contributed by atoms with Crippen LogP contribution in [-0.4, -0.2) is 48.6 Å². The highest BCUT2D eigenvalue weighted by molar-refractivity contribution is 6.30. The maximum absolute atomic E-state index is 6.22. The Morgan fingerprint density at radius 2 is 1.74 bits per heavy atom. The van der Waals surface area contributed by atoms with Crippen molar-refractivity contribution in [3.05, 3.63) is 34.9 Å². The summed E-state index contributed by atoms with van der Waals surface area (Å²) in [6.45, 7) is 9.88. The minimum Gasteiger partial charge on any atom is -0.326 e. The zero-order chi connectivity index (χ0) is 13.8. The van der Waals surface area contributed by atoms with Crippen molar-refractivity contribution in [2.45, 2.75) is 25.9 Å². The first kappa shape index (κ1) is 14.8. The van der Waals surface area contributed by atoms with Gasteiger partial charge in [-0.15, -0.1) is 0 Å². The van der Waals surface area contributed by atoms with Gasteiger partial charge in [-0.25, -0.2) is 0 Å². The zero-order valence-electron chi connectivity index (χ0n) is 11.8. The third-order valence-corrected chi connectivity index (χ3v) is 4.21. The second kappa shape index (κ2) is 6.71. The van der Waals surface area contributed by atoms with Crippen LogP contribution in [0.4, 0.5) is 0 Å². The standard InChI is InChI=1S/C15H24ClN3/c1-3-18-8-10-19(11-9-18)15(12(2)17)13-4-6-14(16)7-5-13/h4-7,12,15H,3,8-11,17H2,1-2H3. The molecule has 2 atom stereocenters. The van der Waals surface area contributed by atoms with Crippen LogP contribution in [0.1, 0.15) is 25.5 Å². The summed E-state index contributed by atoms with van der Waals surface area (Å²) in [5.74, 6) is 0. The summed E-state index contributed by atoms with van der Waals surface area (Å²) in [4.78, 5) is 4.98. The number of rotatable bonds is 4. The van der Waals surface area contributed by atoms with Crippen molar-refractivity contribution >= 4 is 11.6 Å². The van der Waals surface area contributed by atoms with Gasteiger partial charge in [-0.3, -0.25) is 4.90 Å². The van der Waals surface area contributed by atoms with Crippen LogP contribution >= 0.6 is 11.6 Å². The van der Waals surface area contributed by atoms with Crippen LogP contribution in [0.3, 0.4) is 0 Å². The van der Waals surface area contributed by atoms with Gasteiger partial charge in [0.2, 0.25) is 0 Å². The summed E-state index contributed by atoms with van der Waals surface area (Å²) in [6.07, 6.45) is 0. The average Bonchev–Trinajstić information content (AvgIpc) is 2.42. The van der Waals surface area contributed by atoms with E-state index in [0.29, 0.717) is 0 Å². The van der Waals surface area contributed by atoms with Crippen molar-refractivity contribution in [2.75, 3.05) is 32.7 Å². The van der Waals surface area contributed by atoms with Gasteiger partial charge in [0.1, 0.15) is 0 Å². The van der Waals surface area contributed by atoms with E-state index in [0.717, 1.165) is 37.7 Å². The van der Waals surface area contributed by atoms with Crippen LogP contribution in [0.15, 0.2) is 24.3 Å². The van der Waals surface area contributed by atoms with Gasteiger partial charge >= 0.3 is 0 Å². The lowest BCUT2D eigenvalue weighted by molar-refractivity contribution is 0.0898. The van der Waals surface area contributed by atoms with Gasteiger partial charge in [-0.1, -0.05) is 30.7 Å². The number of likely N-dealkylation sites (N-methyl/N-ethyl adjacent to an activating group) is 1. The smallest absolute Gasteiger partial charge is 0.0497 e. The quantitative estimate of drug-likeness (QED) is 0.920. The Balaban J connectivity index is 2.10. The van der Waals surface area contributed by atoms with Gasteiger partial charge in [-0.05, 0) is 31.2 Å². The molecule has 0 amide bonds. The van der Waals surface area contributed by atoms with Crippen molar-refractivity contribution in [1.82, 2.24) is 9.80 Å². The summed E-state index contributed by atoms with van der Waals surface area (Å²) in [5, 5.41) is 0.781. The molecule has 0 saturated carbocycles. The largest absolute Gasteiger partial charge is 0.326 e. The monoisotopic (exact) mass is 281 g/mol. The predicted molar refractivity (Wildman–Crippen MR) is 81.5 cm³/mol. The molecule has 1 aliphatic heterocycles. The molecule has 2 N–H and O–H groups in total. The lowest BCUT2D eigenvalue weighted by atomic mass is 9.98. The Hall–Kier alpha value is -0.610. The highest BCUT2D eigenvalue weighted by atomic mass is 35.5. The van der Waals surface area contributed by atoms with Crippen molar-refractivity contribution in [3.63, 3.8) is 0 Å². The topological polar surface area (TPSA) is 32.5 Å². The molecular weight excluding hydrogens is 258 g/mol. The zero-order valence-corrected chi connectivity index (χ0v) is 12.6. The minimum absolute atomic E-state index is 0.120. The van der Waals surface area contributed by atoms with Crippen molar-refractivity contribution < 1.29 is 0 Å². The second-order valence-electron chi connectivity index (χ2n) is 5.33. The number of hydrogen-bond acceptors (Lipinski definition) is 3. The first-order valence-electron chi connectivity index (χ1n) is 7.09. The molecule has 106 valence electrons. The summed E-state index contributed by atoms with van der Waals surface area (Å²) < 4.78 is 0. The maximum atomic E-state index is 6.22. The van der Waals surface area contributed by atoms with Gasteiger partial charge in [0.25, 0.3) is 0 Å². The normalized spacial score (nSPS) is 21.3. The van der Waals surface area contributed by atoms with Crippen molar-refractivity contribution in [2.24, 2.45) is 5.73 Å². The molecule has 2 rings (SSSR count). The molecule has 1 aromatic carbocycles. The Morgan fingerprint density at radius 3 is 2.21 bits per heavy atom. The average molecular weight is 282 g/mol. The van der Waals surface area contributed by atoms with Crippen LogP contribution in [0.5, 0.6) is 0 Å². The van der Waals surface area contributed by atoms with E-state index < -0.39 is 0 Å². The summed E-state index contributed by atoms with van der Waals surface area (Å²) >= 11 is 5.97. The number of hydrogen-bond donors (Lipinski definition) is 1. The molecule has 0 aromatic heterocycles. The van der Waals surface area contributed by atoms with Crippen LogP contribution in [0.25, 0.3) is 0 Å². The summed E-state index contributed by atoms with van der Waals surface area (Å²) in [6, 6.07) is 8.51. The van der Waals surface area contributed by atoms with Crippen LogP contribution in [-0.2, 0) is 0 Å². The summed E-state index contributed by atoms with van der Waals surface area (Å²) in [5.41, 5.74) is 7.48. The van der Waals surface area contributed by atoms with Crippen LogP contribution < -0.4 is 5.73 Å². The molecule has 2 unspecified atom stereocenters. The van der Waals surface area contributed by atoms with Crippen LogP contribution in [0.2, 0.25) is 5.02 Å². The van der Waals surface area contributed by atoms with E-state index in [1.54, 1.807) is 0 Å². The van der Waals surface area contributed by atoms with Gasteiger partial charge in [0.05, 0.1) is 0 Å². The van der Waals surface area contributed by atoms with Gasteiger partial charge in [-0.2, -0.15) is 0 Å². The summed E-state index contributed by atoms with van der Waals surface area (Å²) in [7, 11) is 0. The molecule has 4 heteroatoms. The fourth-order valence-corrected chi connectivity index (χ4v) is 2.99. The van der Waals surface area contributed by atoms with Gasteiger partial charge < -0.3 is 10.6 Å². The molecule has 1 aromatic rings. The van der Waals surface area contributed by atoms with E-state index in [4.69, 9.17) is 17.3 Å². The Labute approximate surface area is 121 Å².